The molecule has 1 aliphatic rings. The van der Waals surface area contributed by atoms with Crippen LogP contribution in [0.5, 0.6) is 5.75 Å². The van der Waals surface area contributed by atoms with E-state index in [1.165, 1.54) is 4.90 Å². The number of β-amino-alcohol motifs (C(OH)–C–C–N with tert-alkyl or cyclic N) is 1. The summed E-state index contributed by atoms with van der Waals surface area (Å²) in [6, 6.07) is 5.06. The Morgan fingerprint density at radius 3 is 3.00 bits per heavy atom. The fourth-order valence-electron chi connectivity index (χ4n) is 1.70. The highest BCUT2D eigenvalue weighted by Gasteiger charge is 2.27. The second kappa shape index (κ2) is 4.60. The van der Waals surface area contributed by atoms with Gasteiger partial charge in [0.1, 0.15) is 5.75 Å². The number of nitrogens with zero attached hydrogens (tertiary/aromatic N) is 1. The summed E-state index contributed by atoms with van der Waals surface area (Å²) in [5.74, 6) is 0.374. The molecule has 0 bridgehead atoms. The zero-order valence-corrected chi connectivity index (χ0v) is 9.30. The molecule has 5 N–H and O–H groups in total. The number of nitrogen functional groups attached to an aromatic ring is 1. The van der Waals surface area contributed by atoms with Crippen LogP contribution in [0.3, 0.4) is 0 Å². The van der Waals surface area contributed by atoms with Crippen LogP contribution in [-0.2, 0) is 4.79 Å². The molecule has 1 amide bonds. The lowest BCUT2D eigenvalue weighted by atomic mass is 10.2. The number of nitrogens with two attached hydrogens (primary N) is 2. The number of rotatable bonds is 3. The van der Waals surface area contributed by atoms with E-state index in [2.05, 4.69) is 0 Å². The molecule has 1 unspecified atom stereocenters. The fraction of sp³-hybridized carbons (Fsp3) is 0.364. The normalized spacial score (nSPS) is 16.4. The number of amides is 1. The van der Waals surface area contributed by atoms with E-state index in [4.69, 9.17) is 16.2 Å². The van der Waals surface area contributed by atoms with Gasteiger partial charge in [0.25, 0.3) is 5.91 Å². The first-order valence-electron chi connectivity index (χ1n) is 5.32. The Labute approximate surface area is 98.8 Å². The molecule has 0 saturated carbocycles. The van der Waals surface area contributed by atoms with Crippen molar-refractivity contribution in [2.24, 2.45) is 5.73 Å². The van der Waals surface area contributed by atoms with Crippen LogP contribution < -0.4 is 21.1 Å². The number of aliphatic hydroxyl groups is 1. The molecule has 0 aromatic heterocycles. The zero-order valence-electron chi connectivity index (χ0n) is 9.30. The van der Waals surface area contributed by atoms with E-state index >= 15 is 0 Å². The Kier molecular flexibility index (Phi) is 3.16. The van der Waals surface area contributed by atoms with Crippen molar-refractivity contribution in [1.82, 2.24) is 0 Å². The Balaban J connectivity index is 2.32. The standard InChI is InChI=1S/C11H15N3O3/c12-4-8(15)5-14-9-3-7(13)1-2-10(9)17-6-11(14)16/h1-3,8,15H,4-6,12-13H2. The van der Waals surface area contributed by atoms with Gasteiger partial charge in [-0.25, -0.2) is 0 Å². The first-order chi connectivity index (χ1) is 8.11. The molecule has 1 aromatic carbocycles. The maximum atomic E-state index is 11.7. The number of hydrogen-bond acceptors (Lipinski definition) is 5. The number of aliphatic hydroxyl groups excluding tert-OH is 1. The molecule has 0 spiro atoms. The van der Waals surface area contributed by atoms with Gasteiger partial charge in [-0.3, -0.25) is 4.79 Å². The fourth-order valence-corrected chi connectivity index (χ4v) is 1.70. The van der Waals surface area contributed by atoms with Crippen molar-refractivity contribution < 1.29 is 14.6 Å². The summed E-state index contributed by atoms with van der Waals surface area (Å²) in [7, 11) is 0. The Morgan fingerprint density at radius 1 is 1.53 bits per heavy atom. The first kappa shape index (κ1) is 11.7. The summed E-state index contributed by atoms with van der Waals surface area (Å²) in [6.07, 6.45) is -0.758. The second-order valence-electron chi connectivity index (χ2n) is 3.91. The summed E-state index contributed by atoms with van der Waals surface area (Å²) in [4.78, 5) is 13.2. The lowest BCUT2D eigenvalue weighted by molar-refractivity contribution is -0.121. The molecule has 0 radical (unpaired) electrons. The number of anilines is 2. The Hall–Kier alpha value is -1.79. The molecule has 1 aliphatic heterocycles. The predicted octanol–water partition coefficient (Wildman–Crippen LogP) is -0.686. The van der Waals surface area contributed by atoms with E-state index in [9.17, 15) is 9.90 Å². The van der Waals surface area contributed by atoms with Crippen LogP contribution in [0.2, 0.25) is 0 Å². The van der Waals surface area contributed by atoms with Gasteiger partial charge in [-0.2, -0.15) is 0 Å². The summed E-state index contributed by atoms with van der Waals surface area (Å²) in [5, 5.41) is 9.53. The number of hydrogen-bond donors (Lipinski definition) is 3. The van der Waals surface area contributed by atoms with Crippen LogP contribution in [-0.4, -0.2) is 36.8 Å². The largest absolute Gasteiger partial charge is 0.482 e. The van der Waals surface area contributed by atoms with E-state index in [1.807, 2.05) is 0 Å². The van der Waals surface area contributed by atoms with Gasteiger partial charge in [0, 0.05) is 12.2 Å². The highest BCUT2D eigenvalue weighted by Crippen LogP contribution is 2.33. The molecule has 0 aliphatic carbocycles. The van der Waals surface area contributed by atoms with Crippen LogP contribution in [0.25, 0.3) is 0 Å². The topological polar surface area (TPSA) is 102 Å². The van der Waals surface area contributed by atoms with Gasteiger partial charge in [0.15, 0.2) is 6.61 Å². The number of ether oxygens (including phenoxy) is 1. The molecule has 92 valence electrons. The average molecular weight is 237 g/mol. The maximum absolute atomic E-state index is 11.7. The zero-order chi connectivity index (χ0) is 12.4. The van der Waals surface area contributed by atoms with E-state index in [0.29, 0.717) is 17.1 Å². The van der Waals surface area contributed by atoms with Crippen molar-refractivity contribution >= 4 is 17.3 Å². The molecular weight excluding hydrogens is 222 g/mol. The van der Waals surface area contributed by atoms with Crippen LogP contribution in [0, 0.1) is 0 Å². The number of carbonyl (C=O) groups excluding carboxylic acids is 1. The minimum Gasteiger partial charge on any atom is -0.482 e. The van der Waals surface area contributed by atoms with Crippen molar-refractivity contribution in [2.45, 2.75) is 6.10 Å². The molecule has 0 saturated heterocycles. The molecule has 2 rings (SSSR count). The molecule has 1 heterocycles. The summed E-state index contributed by atoms with van der Waals surface area (Å²) < 4.78 is 5.28. The molecule has 1 atom stereocenters. The lowest BCUT2D eigenvalue weighted by Crippen LogP contribution is -2.45. The summed E-state index contributed by atoms with van der Waals surface area (Å²) in [5.41, 5.74) is 12.1. The highest BCUT2D eigenvalue weighted by atomic mass is 16.5. The van der Waals surface area contributed by atoms with Crippen molar-refractivity contribution in [3.63, 3.8) is 0 Å². The average Bonchev–Trinajstić information content (AvgIpc) is 2.32. The van der Waals surface area contributed by atoms with Crippen LogP contribution in [0.4, 0.5) is 11.4 Å². The summed E-state index contributed by atoms with van der Waals surface area (Å²) >= 11 is 0. The minimum absolute atomic E-state index is 0.0335. The van der Waals surface area contributed by atoms with Gasteiger partial charge in [-0.15, -0.1) is 0 Å². The van der Waals surface area contributed by atoms with Gasteiger partial charge in [0.05, 0.1) is 18.3 Å². The molecular formula is C11H15N3O3. The van der Waals surface area contributed by atoms with E-state index < -0.39 is 6.10 Å². The third-order valence-electron chi connectivity index (χ3n) is 2.59. The monoisotopic (exact) mass is 237 g/mol. The first-order valence-corrected chi connectivity index (χ1v) is 5.32. The van der Waals surface area contributed by atoms with Gasteiger partial charge in [0.2, 0.25) is 0 Å². The van der Waals surface area contributed by atoms with Crippen molar-refractivity contribution in [2.75, 3.05) is 30.3 Å². The smallest absolute Gasteiger partial charge is 0.265 e. The number of benzene rings is 1. The Bertz CT molecular complexity index is 436. The number of carbonyl (C=O) groups is 1. The lowest BCUT2D eigenvalue weighted by Gasteiger charge is -2.30. The van der Waals surface area contributed by atoms with Crippen LogP contribution in [0.1, 0.15) is 0 Å². The van der Waals surface area contributed by atoms with E-state index in [1.54, 1.807) is 18.2 Å². The second-order valence-corrected chi connectivity index (χ2v) is 3.91. The van der Waals surface area contributed by atoms with Crippen LogP contribution in [0.15, 0.2) is 18.2 Å². The quantitative estimate of drug-likeness (QED) is 0.604. The van der Waals surface area contributed by atoms with Crippen molar-refractivity contribution in [1.29, 1.82) is 0 Å². The summed E-state index contributed by atoms with van der Waals surface area (Å²) in [6.45, 7) is 0.214. The third kappa shape index (κ3) is 2.32. The molecule has 0 fully saturated rings. The van der Waals surface area contributed by atoms with E-state index in [0.717, 1.165) is 0 Å². The Morgan fingerprint density at radius 2 is 2.29 bits per heavy atom. The third-order valence-corrected chi connectivity index (χ3v) is 2.59. The van der Waals surface area contributed by atoms with Gasteiger partial charge in [-0.05, 0) is 18.2 Å². The molecule has 17 heavy (non-hydrogen) atoms. The SMILES string of the molecule is NCC(O)CN1C(=O)COc2ccc(N)cc21. The van der Waals surface area contributed by atoms with Crippen molar-refractivity contribution in [3.05, 3.63) is 18.2 Å². The van der Waals surface area contributed by atoms with Gasteiger partial charge >= 0.3 is 0 Å². The molecule has 6 heteroatoms. The predicted molar refractivity (Wildman–Crippen MR) is 63.8 cm³/mol. The molecule has 1 aromatic rings. The van der Waals surface area contributed by atoms with E-state index in [-0.39, 0.29) is 25.6 Å². The number of fused-ring (bicyclic) bond motifs is 1. The minimum atomic E-state index is -0.758. The molecule has 6 nitrogen and oxygen atoms in total. The van der Waals surface area contributed by atoms with Gasteiger partial charge < -0.3 is 26.2 Å². The van der Waals surface area contributed by atoms with Crippen LogP contribution >= 0.6 is 0 Å². The highest BCUT2D eigenvalue weighted by molar-refractivity contribution is 5.98. The van der Waals surface area contributed by atoms with Gasteiger partial charge in [-0.1, -0.05) is 0 Å². The maximum Gasteiger partial charge on any atom is 0.265 e. The van der Waals surface area contributed by atoms with Crippen molar-refractivity contribution in [3.8, 4) is 5.75 Å².